The maximum absolute atomic E-state index is 10.9. The molecule has 1 aromatic carbocycles. The Morgan fingerprint density at radius 2 is 1.94 bits per heavy atom. The summed E-state index contributed by atoms with van der Waals surface area (Å²) in [6.07, 6.45) is 4.90. The fourth-order valence-electron chi connectivity index (χ4n) is 2.27. The van der Waals surface area contributed by atoms with E-state index >= 15 is 0 Å². The summed E-state index contributed by atoms with van der Waals surface area (Å²) in [6.45, 7) is 1.52. The Hall–Kier alpha value is -1.00. The van der Waals surface area contributed by atoms with Crippen molar-refractivity contribution in [2.45, 2.75) is 48.8 Å². The summed E-state index contributed by atoms with van der Waals surface area (Å²) in [5, 5.41) is 3.30. The highest BCUT2D eigenvalue weighted by Gasteiger charge is 2.22. The molecule has 98 valence electrons. The first kappa shape index (κ1) is 13.4. The normalized spacial score (nSPS) is 23.7. The van der Waals surface area contributed by atoms with Crippen LogP contribution in [0.4, 0.5) is 5.69 Å². The molecule has 1 aliphatic rings. The minimum Gasteiger partial charge on any atom is -0.327 e. The number of nitrogens with one attached hydrogen (secondary N) is 1. The third kappa shape index (κ3) is 3.75. The van der Waals surface area contributed by atoms with Crippen LogP contribution >= 0.6 is 11.8 Å². The van der Waals surface area contributed by atoms with Crippen LogP contribution in [0.25, 0.3) is 0 Å². The Labute approximate surface area is 113 Å². The van der Waals surface area contributed by atoms with Crippen LogP contribution in [0.3, 0.4) is 0 Å². The molecule has 1 saturated carbocycles. The van der Waals surface area contributed by atoms with E-state index in [1.807, 2.05) is 23.9 Å². The molecule has 4 heteroatoms. The topological polar surface area (TPSA) is 55.1 Å². The van der Waals surface area contributed by atoms with Gasteiger partial charge in [-0.3, -0.25) is 4.79 Å². The van der Waals surface area contributed by atoms with Crippen molar-refractivity contribution in [3.63, 3.8) is 0 Å². The molecule has 18 heavy (non-hydrogen) atoms. The molecule has 0 aromatic heterocycles. The van der Waals surface area contributed by atoms with Gasteiger partial charge in [-0.05, 0) is 37.1 Å². The van der Waals surface area contributed by atoms with E-state index in [0.717, 1.165) is 12.1 Å². The quantitative estimate of drug-likeness (QED) is 0.882. The Bertz CT molecular complexity index is 405. The van der Waals surface area contributed by atoms with E-state index in [9.17, 15) is 4.79 Å². The number of nitrogens with two attached hydrogens (primary N) is 1. The number of amides is 1. The van der Waals surface area contributed by atoms with E-state index in [1.165, 1.54) is 31.1 Å². The SMILES string of the molecule is CC(=O)Nc1ccc(SC2CCCCC2N)cc1. The third-order valence-electron chi connectivity index (χ3n) is 3.22. The predicted octanol–water partition coefficient (Wildman–Crippen LogP) is 3.01. The summed E-state index contributed by atoms with van der Waals surface area (Å²) in [7, 11) is 0. The predicted molar refractivity (Wildman–Crippen MR) is 76.8 cm³/mol. The average molecular weight is 264 g/mol. The van der Waals surface area contributed by atoms with Crippen molar-refractivity contribution in [2.75, 3.05) is 5.32 Å². The van der Waals surface area contributed by atoms with E-state index < -0.39 is 0 Å². The Balaban J connectivity index is 1.95. The molecule has 1 aliphatic carbocycles. The van der Waals surface area contributed by atoms with Gasteiger partial charge < -0.3 is 11.1 Å². The number of thioether (sulfide) groups is 1. The lowest BCUT2D eigenvalue weighted by atomic mass is 9.96. The molecule has 3 nitrogen and oxygen atoms in total. The Kier molecular flexibility index (Phi) is 4.66. The van der Waals surface area contributed by atoms with Crippen LogP contribution in [-0.4, -0.2) is 17.2 Å². The van der Waals surface area contributed by atoms with Gasteiger partial charge in [0, 0.05) is 28.8 Å². The van der Waals surface area contributed by atoms with Gasteiger partial charge in [0.1, 0.15) is 0 Å². The molecule has 2 rings (SSSR count). The van der Waals surface area contributed by atoms with Crippen LogP contribution in [0.2, 0.25) is 0 Å². The molecule has 0 bridgehead atoms. The Morgan fingerprint density at radius 3 is 2.56 bits per heavy atom. The smallest absolute Gasteiger partial charge is 0.221 e. The van der Waals surface area contributed by atoms with Crippen LogP contribution in [0.5, 0.6) is 0 Å². The molecule has 1 amide bonds. The van der Waals surface area contributed by atoms with E-state index in [2.05, 4.69) is 17.4 Å². The molecule has 2 atom stereocenters. The first-order valence-corrected chi connectivity index (χ1v) is 7.33. The molecule has 0 spiro atoms. The van der Waals surface area contributed by atoms with Crippen LogP contribution in [0, 0.1) is 0 Å². The zero-order chi connectivity index (χ0) is 13.0. The summed E-state index contributed by atoms with van der Waals surface area (Å²) >= 11 is 1.86. The van der Waals surface area contributed by atoms with Gasteiger partial charge in [-0.25, -0.2) is 0 Å². The highest BCUT2D eigenvalue weighted by molar-refractivity contribution is 8.00. The van der Waals surface area contributed by atoms with Crippen molar-refractivity contribution >= 4 is 23.4 Å². The first-order chi connectivity index (χ1) is 8.65. The summed E-state index contributed by atoms with van der Waals surface area (Å²) in [5.41, 5.74) is 6.99. The number of anilines is 1. The second kappa shape index (κ2) is 6.25. The second-order valence-electron chi connectivity index (χ2n) is 4.81. The van der Waals surface area contributed by atoms with Gasteiger partial charge in [0.2, 0.25) is 5.91 Å². The summed E-state index contributed by atoms with van der Waals surface area (Å²) in [4.78, 5) is 12.2. The van der Waals surface area contributed by atoms with Gasteiger partial charge in [0.25, 0.3) is 0 Å². The van der Waals surface area contributed by atoms with Gasteiger partial charge in [-0.2, -0.15) is 0 Å². The highest BCUT2D eigenvalue weighted by atomic mass is 32.2. The maximum Gasteiger partial charge on any atom is 0.221 e. The van der Waals surface area contributed by atoms with Gasteiger partial charge >= 0.3 is 0 Å². The van der Waals surface area contributed by atoms with Crippen molar-refractivity contribution in [3.05, 3.63) is 24.3 Å². The van der Waals surface area contributed by atoms with Crippen molar-refractivity contribution in [1.29, 1.82) is 0 Å². The van der Waals surface area contributed by atoms with Crippen LogP contribution in [-0.2, 0) is 4.79 Å². The largest absolute Gasteiger partial charge is 0.327 e. The van der Waals surface area contributed by atoms with Gasteiger partial charge in [0.05, 0.1) is 0 Å². The van der Waals surface area contributed by atoms with Crippen LogP contribution in [0.1, 0.15) is 32.6 Å². The molecule has 0 saturated heterocycles. The maximum atomic E-state index is 10.9. The van der Waals surface area contributed by atoms with Crippen LogP contribution in [0.15, 0.2) is 29.2 Å². The first-order valence-electron chi connectivity index (χ1n) is 6.45. The number of rotatable bonds is 3. The molecule has 3 N–H and O–H groups in total. The summed E-state index contributed by atoms with van der Waals surface area (Å²) in [6, 6.07) is 8.31. The van der Waals surface area contributed by atoms with Crippen molar-refractivity contribution in [2.24, 2.45) is 5.73 Å². The van der Waals surface area contributed by atoms with E-state index in [1.54, 1.807) is 0 Å². The lowest BCUT2D eigenvalue weighted by molar-refractivity contribution is -0.114. The minimum absolute atomic E-state index is 0.0373. The van der Waals surface area contributed by atoms with Gasteiger partial charge in [-0.1, -0.05) is 12.8 Å². The number of hydrogen-bond acceptors (Lipinski definition) is 3. The molecule has 0 aliphatic heterocycles. The monoisotopic (exact) mass is 264 g/mol. The van der Waals surface area contributed by atoms with Crippen LogP contribution < -0.4 is 11.1 Å². The third-order valence-corrected chi connectivity index (χ3v) is 4.65. The number of hydrogen-bond donors (Lipinski definition) is 2. The fraction of sp³-hybridized carbons (Fsp3) is 0.500. The Morgan fingerprint density at radius 1 is 1.28 bits per heavy atom. The standard InChI is InChI=1S/C14H20N2OS/c1-10(17)16-11-6-8-12(9-7-11)18-14-5-3-2-4-13(14)15/h6-9,13-14H,2-5,15H2,1H3,(H,16,17). The molecule has 0 heterocycles. The van der Waals surface area contributed by atoms with Crippen molar-refractivity contribution in [3.8, 4) is 0 Å². The fourth-order valence-corrected chi connectivity index (χ4v) is 3.50. The average Bonchev–Trinajstić information content (AvgIpc) is 2.34. The molecular weight excluding hydrogens is 244 g/mol. The summed E-state index contributed by atoms with van der Waals surface area (Å²) < 4.78 is 0. The van der Waals surface area contributed by atoms with E-state index in [4.69, 9.17) is 5.73 Å². The molecule has 0 radical (unpaired) electrons. The second-order valence-corrected chi connectivity index (χ2v) is 6.12. The van der Waals surface area contributed by atoms with Gasteiger partial charge in [0.15, 0.2) is 0 Å². The highest BCUT2D eigenvalue weighted by Crippen LogP contribution is 2.33. The van der Waals surface area contributed by atoms with Crippen molar-refractivity contribution in [1.82, 2.24) is 0 Å². The number of benzene rings is 1. The number of carbonyl (C=O) groups excluding carboxylic acids is 1. The van der Waals surface area contributed by atoms with E-state index in [-0.39, 0.29) is 5.91 Å². The summed E-state index contributed by atoms with van der Waals surface area (Å²) in [5.74, 6) is -0.0373. The minimum atomic E-state index is -0.0373. The zero-order valence-corrected chi connectivity index (χ0v) is 11.5. The number of carbonyl (C=O) groups is 1. The molecular formula is C14H20N2OS. The van der Waals surface area contributed by atoms with Gasteiger partial charge in [-0.15, -0.1) is 11.8 Å². The molecule has 1 fully saturated rings. The van der Waals surface area contributed by atoms with E-state index in [0.29, 0.717) is 11.3 Å². The lowest BCUT2D eigenvalue weighted by Gasteiger charge is -2.27. The van der Waals surface area contributed by atoms with Crippen molar-refractivity contribution < 1.29 is 4.79 Å². The lowest BCUT2D eigenvalue weighted by Crippen LogP contribution is -2.35. The molecule has 2 unspecified atom stereocenters. The zero-order valence-electron chi connectivity index (χ0n) is 10.7. The molecule has 1 aromatic rings.